The van der Waals surface area contributed by atoms with Crippen molar-refractivity contribution < 1.29 is 16.8 Å². The first-order valence-electron chi connectivity index (χ1n) is 8.94. The molecule has 3 rings (SSSR count). The van der Waals surface area contributed by atoms with Gasteiger partial charge in [0.15, 0.2) is 0 Å². The van der Waals surface area contributed by atoms with Crippen LogP contribution >= 0.6 is 11.6 Å². The fourth-order valence-electron chi connectivity index (χ4n) is 2.59. The van der Waals surface area contributed by atoms with Gasteiger partial charge in [0.2, 0.25) is 5.95 Å². The number of benzene rings is 2. The van der Waals surface area contributed by atoms with Crippen LogP contribution in [0.15, 0.2) is 64.9 Å². The van der Waals surface area contributed by atoms with Gasteiger partial charge in [-0.1, -0.05) is 23.7 Å². The zero-order valence-electron chi connectivity index (χ0n) is 16.6. The molecule has 8 nitrogen and oxygen atoms in total. The molecule has 2 aromatic carbocycles. The molecule has 2 N–H and O–H groups in total. The Hall–Kier alpha value is -2.95. The van der Waals surface area contributed by atoms with Crippen molar-refractivity contribution in [2.45, 2.75) is 18.7 Å². The number of anilines is 2. The number of rotatable bonds is 7. The molecule has 0 radical (unpaired) electrons. The SMILES string of the molecule is Cc1cc(C)nc(NS(=O)(=O)c2ccc(NS(=O)(=O)/C=C/c3ccc(Cl)cc3)cc2)n1. The molecule has 0 fully saturated rings. The van der Waals surface area contributed by atoms with E-state index in [-0.39, 0.29) is 16.5 Å². The maximum absolute atomic E-state index is 12.6. The van der Waals surface area contributed by atoms with Gasteiger partial charge in [0.05, 0.1) is 10.3 Å². The van der Waals surface area contributed by atoms with E-state index in [1.807, 2.05) is 0 Å². The van der Waals surface area contributed by atoms with Crippen LogP contribution < -0.4 is 9.44 Å². The number of aryl methyl sites for hydroxylation is 2. The molecule has 3 aromatic rings. The number of hydrogen-bond acceptors (Lipinski definition) is 6. The first kappa shape index (κ1) is 22.7. The van der Waals surface area contributed by atoms with Gasteiger partial charge in [-0.15, -0.1) is 0 Å². The highest BCUT2D eigenvalue weighted by atomic mass is 35.5. The second-order valence-electron chi connectivity index (χ2n) is 6.61. The molecule has 0 bridgehead atoms. The van der Waals surface area contributed by atoms with Crippen molar-refractivity contribution in [2.75, 3.05) is 9.44 Å². The normalized spacial score (nSPS) is 12.1. The van der Waals surface area contributed by atoms with Crippen molar-refractivity contribution >= 4 is 49.4 Å². The number of halogens is 1. The minimum Gasteiger partial charge on any atom is -0.280 e. The van der Waals surface area contributed by atoms with Crippen LogP contribution in [0.25, 0.3) is 6.08 Å². The minimum atomic E-state index is -3.93. The Morgan fingerprint density at radius 3 is 2.00 bits per heavy atom. The van der Waals surface area contributed by atoms with Gasteiger partial charge in [-0.2, -0.15) is 0 Å². The Labute approximate surface area is 186 Å². The van der Waals surface area contributed by atoms with E-state index in [1.54, 1.807) is 44.2 Å². The predicted molar refractivity (Wildman–Crippen MR) is 122 cm³/mol. The third-order valence-corrected chi connectivity index (χ3v) is 6.55. The third kappa shape index (κ3) is 6.51. The van der Waals surface area contributed by atoms with Crippen molar-refractivity contribution in [2.24, 2.45) is 0 Å². The molecule has 11 heteroatoms. The topological polar surface area (TPSA) is 118 Å². The summed E-state index contributed by atoms with van der Waals surface area (Å²) in [5, 5.41) is 1.56. The van der Waals surface area contributed by atoms with E-state index < -0.39 is 20.0 Å². The number of sulfonamides is 2. The van der Waals surface area contributed by atoms with Crippen LogP contribution in [0.1, 0.15) is 17.0 Å². The first-order chi connectivity index (χ1) is 14.5. The van der Waals surface area contributed by atoms with Gasteiger partial charge in [0.25, 0.3) is 20.0 Å². The molecule has 0 aliphatic carbocycles. The van der Waals surface area contributed by atoms with Crippen molar-refractivity contribution in [1.29, 1.82) is 0 Å². The number of nitrogens with zero attached hydrogens (tertiary/aromatic N) is 2. The quantitative estimate of drug-likeness (QED) is 0.530. The van der Waals surface area contributed by atoms with Crippen molar-refractivity contribution in [3.8, 4) is 0 Å². The molecule has 0 saturated heterocycles. The van der Waals surface area contributed by atoms with Crippen LogP contribution in [-0.2, 0) is 20.0 Å². The lowest BCUT2D eigenvalue weighted by molar-refractivity contribution is 0.600. The molecule has 162 valence electrons. The second kappa shape index (κ2) is 9.04. The molecule has 0 atom stereocenters. The van der Waals surface area contributed by atoms with E-state index in [2.05, 4.69) is 19.4 Å². The maximum Gasteiger partial charge on any atom is 0.264 e. The van der Waals surface area contributed by atoms with E-state index in [4.69, 9.17) is 11.6 Å². The fraction of sp³-hybridized carbons (Fsp3) is 0.100. The van der Waals surface area contributed by atoms with Crippen LogP contribution in [0.3, 0.4) is 0 Å². The van der Waals surface area contributed by atoms with E-state index in [0.29, 0.717) is 22.0 Å². The van der Waals surface area contributed by atoms with Crippen molar-refractivity contribution in [1.82, 2.24) is 9.97 Å². The Bertz CT molecular complexity index is 1300. The number of nitrogens with one attached hydrogen (secondary N) is 2. The summed E-state index contributed by atoms with van der Waals surface area (Å²) in [4.78, 5) is 8.05. The molecule has 31 heavy (non-hydrogen) atoms. The summed E-state index contributed by atoms with van der Waals surface area (Å²) >= 11 is 5.80. The van der Waals surface area contributed by atoms with Crippen molar-refractivity contribution in [3.63, 3.8) is 0 Å². The van der Waals surface area contributed by atoms with E-state index in [1.165, 1.54) is 30.3 Å². The van der Waals surface area contributed by atoms with Gasteiger partial charge in [-0.25, -0.2) is 31.5 Å². The maximum atomic E-state index is 12.6. The first-order valence-corrected chi connectivity index (χ1v) is 12.3. The summed E-state index contributed by atoms with van der Waals surface area (Å²) in [7, 11) is -7.73. The van der Waals surface area contributed by atoms with E-state index in [9.17, 15) is 16.8 Å². The Balaban J connectivity index is 1.72. The third-order valence-electron chi connectivity index (χ3n) is 3.94. The van der Waals surface area contributed by atoms with Gasteiger partial charge in [-0.05, 0) is 68.0 Å². The van der Waals surface area contributed by atoms with Gasteiger partial charge in [-0.3, -0.25) is 4.72 Å². The summed E-state index contributed by atoms with van der Waals surface area (Å²) in [6, 6.07) is 13.7. The summed E-state index contributed by atoms with van der Waals surface area (Å²) in [5.74, 6) is -0.0328. The molecule has 0 unspecified atom stereocenters. The van der Waals surface area contributed by atoms with E-state index >= 15 is 0 Å². The molecule has 0 amide bonds. The highest BCUT2D eigenvalue weighted by molar-refractivity contribution is 7.95. The molecule has 0 aliphatic heterocycles. The van der Waals surface area contributed by atoms with Crippen molar-refractivity contribution in [3.05, 3.63) is 82.0 Å². The van der Waals surface area contributed by atoms with Crippen LogP contribution in [0, 0.1) is 13.8 Å². The van der Waals surface area contributed by atoms with Gasteiger partial charge < -0.3 is 0 Å². The highest BCUT2D eigenvalue weighted by Crippen LogP contribution is 2.18. The van der Waals surface area contributed by atoms with Crippen LogP contribution in [0.4, 0.5) is 11.6 Å². The summed E-state index contributed by atoms with van der Waals surface area (Å²) in [6.07, 6.45) is 1.42. The van der Waals surface area contributed by atoms with Crippen LogP contribution in [0.2, 0.25) is 5.02 Å². The standard InChI is InChI=1S/C20H19ClN4O4S2/c1-14-13-15(2)23-20(22-14)25-31(28,29)19-9-7-18(8-10-19)24-30(26,27)12-11-16-3-5-17(21)6-4-16/h3-13,24H,1-2H3,(H,22,23,25)/b12-11+. The summed E-state index contributed by atoms with van der Waals surface area (Å²) < 4.78 is 54.3. The molecule has 1 aromatic heterocycles. The van der Waals surface area contributed by atoms with Gasteiger partial charge >= 0.3 is 0 Å². The summed E-state index contributed by atoms with van der Waals surface area (Å²) in [6.45, 7) is 3.46. The zero-order chi connectivity index (χ0) is 22.6. The fourth-order valence-corrected chi connectivity index (χ4v) is 4.53. The largest absolute Gasteiger partial charge is 0.280 e. The Morgan fingerprint density at radius 2 is 1.42 bits per heavy atom. The lowest BCUT2D eigenvalue weighted by Gasteiger charge is -2.09. The second-order valence-corrected chi connectivity index (χ2v) is 10.3. The number of hydrogen-bond donors (Lipinski definition) is 2. The average Bonchev–Trinajstić information content (AvgIpc) is 2.66. The lowest BCUT2D eigenvalue weighted by atomic mass is 10.2. The highest BCUT2D eigenvalue weighted by Gasteiger charge is 2.16. The molecule has 1 heterocycles. The van der Waals surface area contributed by atoms with E-state index in [0.717, 1.165) is 5.41 Å². The molecule has 0 spiro atoms. The zero-order valence-corrected chi connectivity index (χ0v) is 19.0. The minimum absolute atomic E-state index is 0.0328. The Morgan fingerprint density at radius 1 is 0.839 bits per heavy atom. The molecular weight excluding hydrogens is 460 g/mol. The summed E-state index contributed by atoms with van der Waals surface area (Å²) in [5.41, 5.74) is 2.13. The van der Waals surface area contributed by atoms with Crippen LogP contribution in [-0.4, -0.2) is 26.8 Å². The van der Waals surface area contributed by atoms with Gasteiger partial charge in [0.1, 0.15) is 0 Å². The monoisotopic (exact) mass is 478 g/mol. The average molecular weight is 479 g/mol. The van der Waals surface area contributed by atoms with Gasteiger partial charge in [0, 0.05) is 22.1 Å². The smallest absolute Gasteiger partial charge is 0.264 e. The molecule has 0 saturated carbocycles. The Kier molecular flexibility index (Phi) is 6.63. The lowest BCUT2D eigenvalue weighted by Crippen LogP contribution is -2.16. The van der Waals surface area contributed by atoms with Crippen LogP contribution in [0.5, 0.6) is 0 Å². The predicted octanol–water partition coefficient (Wildman–Crippen LogP) is 3.96. The molecule has 0 aliphatic rings. The number of aromatic nitrogens is 2. The molecular formula is C20H19ClN4O4S2.